The molecule has 2 rings (SSSR count). The van der Waals surface area contributed by atoms with E-state index < -0.39 is 0 Å². The number of carbonyl (C=O) groups is 2. The van der Waals surface area contributed by atoms with Crippen molar-refractivity contribution in [2.75, 3.05) is 6.54 Å². The number of nitrogens with one attached hydrogen (secondary N) is 2. The summed E-state index contributed by atoms with van der Waals surface area (Å²) in [5, 5.41) is 5.54. The Kier molecular flexibility index (Phi) is 6.18. The Morgan fingerprint density at radius 3 is 2.50 bits per heavy atom. The van der Waals surface area contributed by atoms with Gasteiger partial charge in [0.15, 0.2) is 0 Å². The van der Waals surface area contributed by atoms with Crippen molar-refractivity contribution in [2.24, 2.45) is 0 Å². The molecule has 2 N–H and O–H groups in total. The fourth-order valence-corrected chi connectivity index (χ4v) is 2.58. The number of amides is 2. The Hall–Kier alpha value is -2.56. The maximum absolute atomic E-state index is 12.1. The Balaban J connectivity index is 1.74. The highest BCUT2D eigenvalue weighted by Crippen LogP contribution is 2.08. The predicted octanol–water partition coefficient (Wildman–Crippen LogP) is 2.76. The first-order chi connectivity index (χ1) is 11.4. The highest BCUT2D eigenvalue weighted by atomic mass is 16.3. The van der Waals surface area contributed by atoms with Crippen molar-refractivity contribution in [2.45, 2.75) is 39.7 Å². The fraction of sp³-hybridized carbons (Fsp3) is 0.368. The monoisotopic (exact) mass is 328 g/mol. The number of aryl methyl sites for hydroxylation is 3. The van der Waals surface area contributed by atoms with Gasteiger partial charge in [0.05, 0.1) is 12.8 Å². The lowest BCUT2D eigenvalue weighted by Crippen LogP contribution is -2.41. The maximum atomic E-state index is 12.1. The second-order valence-electron chi connectivity index (χ2n) is 6.15. The maximum Gasteiger partial charge on any atom is 0.251 e. The molecule has 0 saturated carbocycles. The van der Waals surface area contributed by atoms with Crippen LogP contribution in [-0.4, -0.2) is 24.4 Å². The van der Waals surface area contributed by atoms with E-state index in [2.05, 4.69) is 10.6 Å². The summed E-state index contributed by atoms with van der Waals surface area (Å²) >= 11 is 0. The molecule has 24 heavy (non-hydrogen) atoms. The first-order valence-electron chi connectivity index (χ1n) is 8.12. The molecule has 0 spiro atoms. The number of rotatable bonds is 7. The quantitative estimate of drug-likeness (QED) is 0.821. The Morgan fingerprint density at radius 2 is 1.88 bits per heavy atom. The van der Waals surface area contributed by atoms with Crippen LogP contribution in [0.4, 0.5) is 0 Å². The lowest BCUT2D eigenvalue weighted by atomic mass is 10.1. The highest BCUT2D eigenvalue weighted by Gasteiger charge is 2.11. The zero-order valence-electron chi connectivity index (χ0n) is 14.4. The van der Waals surface area contributed by atoms with E-state index in [1.54, 1.807) is 6.26 Å². The van der Waals surface area contributed by atoms with Crippen LogP contribution in [0.5, 0.6) is 0 Å². The van der Waals surface area contributed by atoms with Crippen molar-refractivity contribution in [1.29, 1.82) is 0 Å². The first kappa shape index (κ1) is 17.8. The van der Waals surface area contributed by atoms with Crippen molar-refractivity contribution in [1.82, 2.24) is 10.6 Å². The summed E-state index contributed by atoms with van der Waals surface area (Å²) in [6.07, 6.45) is 3.19. The Bertz CT molecular complexity index is 672. The van der Waals surface area contributed by atoms with Gasteiger partial charge in [0.25, 0.3) is 5.91 Å². The van der Waals surface area contributed by atoms with Crippen LogP contribution in [0.15, 0.2) is 41.0 Å². The molecule has 0 aliphatic carbocycles. The third-order valence-electron chi connectivity index (χ3n) is 3.70. The average molecular weight is 328 g/mol. The summed E-state index contributed by atoms with van der Waals surface area (Å²) in [6, 6.07) is 9.41. The van der Waals surface area contributed by atoms with Crippen LogP contribution < -0.4 is 10.6 Å². The minimum absolute atomic E-state index is 0.0146. The molecule has 1 aromatic carbocycles. The molecule has 0 bridgehead atoms. The van der Waals surface area contributed by atoms with Crippen molar-refractivity contribution >= 4 is 11.8 Å². The van der Waals surface area contributed by atoms with Gasteiger partial charge in [-0.1, -0.05) is 17.2 Å². The molecular weight excluding hydrogens is 304 g/mol. The van der Waals surface area contributed by atoms with E-state index in [4.69, 9.17) is 4.42 Å². The van der Waals surface area contributed by atoms with Gasteiger partial charge in [-0.2, -0.15) is 0 Å². The lowest BCUT2D eigenvalue weighted by Gasteiger charge is -2.13. The number of hydrogen-bond donors (Lipinski definition) is 2. The van der Waals surface area contributed by atoms with Crippen molar-refractivity contribution in [3.05, 3.63) is 59.0 Å². The van der Waals surface area contributed by atoms with Gasteiger partial charge in [0.1, 0.15) is 5.76 Å². The molecule has 0 fully saturated rings. The van der Waals surface area contributed by atoms with Crippen LogP contribution in [0.2, 0.25) is 0 Å². The van der Waals surface area contributed by atoms with Crippen molar-refractivity contribution in [3.63, 3.8) is 0 Å². The minimum atomic E-state index is -0.236. The zero-order chi connectivity index (χ0) is 17.5. The molecule has 1 aromatic heterocycles. The van der Waals surface area contributed by atoms with Crippen LogP contribution in [-0.2, 0) is 11.2 Å². The van der Waals surface area contributed by atoms with Gasteiger partial charge in [0, 0.05) is 18.0 Å². The van der Waals surface area contributed by atoms with Crippen LogP contribution in [0.25, 0.3) is 0 Å². The topological polar surface area (TPSA) is 71.3 Å². The largest absolute Gasteiger partial charge is 0.469 e. The van der Waals surface area contributed by atoms with Gasteiger partial charge < -0.3 is 15.1 Å². The van der Waals surface area contributed by atoms with E-state index in [9.17, 15) is 9.59 Å². The third-order valence-corrected chi connectivity index (χ3v) is 3.70. The highest BCUT2D eigenvalue weighted by molar-refractivity contribution is 5.96. The molecule has 2 amide bonds. The number of benzene rings is 1. The molecule has 0 radical (unpaired) electrons. The average Bonchev–Trinajstić information content (AvgIpc) is 3.03. The van der Waals surface area contributed by atoms with Crippen molar-refractivity contribution < 1.29 is 14.0 Å². The molecule has 0 aliphatic rings. The Morgan fingerprint density at radius 1 is 1.17 bits per heavy atom. The summed E-state index contributed by atoms with van der Waals surface area (Å²) in [5.74, 6) is 0.471. The molecule has 0 saturated heterocycles. The van der Waals surface area contributed by atoms with Gasteiger partial charge >= 0.3 is 0 Å². The molecular formula is C19H24N2O3. The zero-order valence-corrected chi connectivity index (χ0v) is 14.4. The van der Waals surface area contributed by atoms with E-state index >= 15 is 0 Å². The number of hydrogen-bond acceptors (Lipinski definition) is 3. The molecule has 2 aromatic rings. The van der Waals surface area contributed by atoms with E-state index in [1.165, 1.54) is 0 Å². The summed E-state index contributed by atoms with van der Waals surface area (Å²) in [4.78, 5) is 24.1. The van der Waals surface area contributed by atoms with Gasteiger partial charge in [-0.05, 0) is 51.5 Å². The molecule has 1 unspecified atom stereocenters. The summed E-state index contributed by atoms with van der Waals surface area (Å²) in [7, 11) is 0. The summed E-state index contributed by atoms with van der Waals surface area (Å²) in [6.45, 7) is 5.79. The van der Waals surface area contributed by atoms with E-state index in [0.717, 1.165) is 29.7 Å². The number of carbonyl (C=O) groups excluding carboxylic acids is 2. The van der Waals surface area contributed by atoms with E-state index in [-0.39, 0.29) is 24.4 Å². The second-order valence-corrected chi connectivity index (χ2v) is 6.15. The second kappa shape index (κ2) is 8.34. The molecule has 1 heterocycles. The number of furan rings is 1. The van der Waals surface area contributed by atoms with Crippen molar-refractivity contribution in [3.8, 4) is 0 Å². The van der Waals surface area contributed by atoms with Crippen LogP contribution in [0, 0.1) is 13.8 Å². The van der Waals surface area contributed by atoms with Crippen LogP contribution >= 0.6 is 0 Å². The molecule has 5 nitrogen and oxygen atoms in total. The van der Waals surface area contributed by atoms with E-state index in [0.29, 0.717) is 5.56 Å². The fourth-order valence-electron chi connectivity index (χ4n) is 2.58. The van der Waals surface area contributed by atoms with Gasteiger partial charge in [-0.15, -0.1) is 0 Å². The van der Waals surface area contributed by atoms with Gasteiger partial charge in [-0.25, -0.2) is 0 Å². The molecule has 1 atom stereocenters. The minimum Gasteiger partial charge on any atom is -0.469 e. The van der Waals surface area contributed by atoms with Crippen LogP contribution in [0.1, 0.15) is 40.6 Å². The first-order valence-corrected chi connectivity index (χ1v) is 8.12. The van der Waals surface area contributed by atoms with Crippen LogP contribution in [0.3, 0.4) is 0 Å². The lowest BCUT2D eigenvalue weighted by molar-refractivity contribution is -0.120. The summed E-state index contributed by atoms with van der Waals surface area (Å²) in [5.41, 5.74) is 2.62. The third kappa shape index (κ3) is 5.57. The Labute approximate surface area is 142 Å². The predicted molar refractivity (Wildman–Crippen MR) is 92.9 cm³/mol. The molecule has 128 valence electrons. The normalized spacial score (nSPS) is 11.8. The summed E-state index contributed by atoms with van der Waals surface area (Å²) < 4.78 is 5.27. The van der Waals surface area contributed by atoms with Gasteiger partial charge in [0.2, 0.25) is 5.91 Å². The standard InChI is InChI=1S/C19H24N2O3/c1-13-9-14(2)11-16(10-13)19(23)20-12-18(22)21-15(3)6-7-17-5-4-8-24-17/h4-5,8-11,15H,6-7,12H2,1-3H3,(H,20,23)(H,21,22). The van der Waals surface area contributed by atoms with E-state index in [1.807, 2.05) is 51.1 Å². The molecule has 5 heteroatoms. The molecule has 0 aliphatic heterocycles. The van der Waals surface area contributed by atoms with Gasteiger partial charge in [-0.3, -0.25) is 9.59 Å². The SMILES string of the molecule is Cc1cc(C)cc(C(=O)NCC(=O)NC(C)CCc2ccco2)c1. The smallest absolute Gasteiger partial charge is 0.251 e.